The molecule has 4 heteroatoms. The van der Waals surface area contributed by atoms with E-state index in [-0.39, 0.29) is 5.91 Å². The SMILES string of the molecule is CCC(C)(C)C1CCC(CN)C(N(C)CCC(=O)NC)C1. The molecular formula is C17H35N3O. The van der Waals surface area contributed by atoms with Gasteiger partial charge < -0.3 is 16.0 Å². The average molecular weight is 297 g/mol. The summed E-state index contributed by atoms with van der Waals surface area (Å²) >= 11 is 0. The second kappa shape index (κ2) is 8.14. The average Bonchev–Trinajstić information content (AvgIpc) is 2.51. The van der Waals surface area contributed by atoms with Gasteiger partial charge in [-0.1, -0.05) is 27.2 Å². The molecule has 4 nitrogen and oxygen atoms in total. The fourth-order valence-corrected chi connectivity index (χ4v) is 3.59. The van der Waals surface area contributed by atoms with E-state index < -0.39 is 0 Å². The Bertz CT molecular complexity index is 330. The lowest BCUT2D eigenvalue weighted by Gasteiger charge is -2.46. The Morgan fingerprint density at radius 1 is 1.38 bits per heavy atom. The molecule has 0 aliphatic heterocycles. The molecule has 1 fully saturated rings. The highest BCUT2D eigenvalue weighted by molar-refractivity contribution is 5.75. The van der Waals surface area contributed by atoms with Crippen molar-refractivity contribution in [3.8, 4) is 0 Å². The van der Waals surface area contributed by atoms with Crippen molar-refractivity contribution in [2.24, 2.45) is 23.0 Å². The molecule has 1 aliphatic rings. The molecule has 0 radical (unpaired) electrons. The third-order valence-electron chi connectivity index (χ3n) is 5.81. The summed E-state index contributed by atoms with van der Waals surface area (Å²) in [5.74, 6) is 1.45. The second-order valence-electron chi connectivity index (χ2n) is 7.32. The van der Waals surface area contributed by atoms with Crippen LogP contribution < -0.4 is 11.1 Å². The lowest BCUT2D eigenvalue weighted by Crippen LogP contribution is -2.48. The molecule has 1 saturated carbocycles. The summed E-state index contributed by atoms with van der Waals surface area (Å²) in [6, 6.07) is 0.518. The first-order valence-corrected chi connectivity index (χ1v) is 8.46. The van der Waals surface area contributed by atoms with Crippen LogP contribution in [0.5, 0.6) is 0 Å². The van der Waals surface area contributed by atoms with E-state index in [1.54, 1.807) is 7.05 Å². The fourth-order valence-electron chi connectivity index (χ4n) is 3.59. The number of hydrogen-bond donors (Lipinski definition) is 2. The molecular weight excluding hydrogens is 262 g/mol. The number of hydrogen-bond acceptors (Lipinski definition) is 3. The van der Waals surface area contributed by atoms with Crippen molar-refractivity contribution >= 4 is 5.91 Å². The third kappa shape index (κ3) is 4.96. The quantitative estimate of drug-likeness (QED) is 0.757. The van der Waals surface area contributed by atoms with Crippen LogP contribution >= 0.6 is 0 Å². The summed E-state index contributed by atoms with van der Waals surface area (Å²) in [4.78, 5) is 13.8. The molecule has 0 heterocycles. The van der Waals surface area contributed by atoms with Gasteiger partial charge in [-0.3, -0.25) is 4.79 Å². The predicted octanol–water partition coefficient (Wildman–Crippen LogP) is 2.23. The van der Waals surface area contributed by atoms with Crippen molar-refractivity contribution in [2.45, 2.75) is 58.9 Å². The third-order valence-corrected chi connectivity index (χ3v) is 5.81. The van der Waals surface area contributed by atoms with Crippen molar-refractivity contribution in [1.82, 2.24) is 10.2 Å². The van der Waals surface area contributed by atoms with Crippen LogP contribution in [0.3, 0.4) is 0 Å². The second-order valence-corrected chi connectivity index (χ2v) is 7.32. The van der Waals surface area contributed by atoms with E-state index in [9.17, 15) is 4.79 Å². The van der Waals surface area contributed by atoms with Gasteiger partial charge in [0.05, 0.1) is 0 Å². The first kappa shape index (κ1) is 18.4. The molecule has 3 N–H and O–H groups in total. The van der Waals surface area contributed by atoms with E-state index in [1.165, 1.54) is 25.7 Å². The molecule has 3 atom stereocenters. The van der Waals surface area contributed by atoms with Crippen LogP contribution in [-0.2, 0) is 4.79 Å². The molecule has 0 aromatic carbocycles. The van der Waals surface area contributed by atoms with Gasteiger partial charge in [0.1, 0.15) is 0 Å². The van der Waals surface area contributed by atoms with Gasteiger partial charge in [-0.2, -0.15) is 0 Å². The van der Waals surface area contributed by atoms with Gasteiger partial charge in [0.25, 0.3) is 0 Å². The van der Waals surface area contributed by atoms with Crippen molar-refractivity contribution in [3.05, 3.63) is 0 Å². The number of amides is 1. The highest BCUT2D eigenvalue weighted by Crippen LogP contribution is 2.43. The monoisotopic (exact) mass is 297 g/mol. The Morgan fingerprint density at radius 2 is 2.05 bits per heavy atom. The lowest BCUT2D eigenvalue weighted by atomic mass is 9.65. The molecule has 0 spiro atoms. The van der Waals surface area contributed by atoms with Crippen LogP contribution in [0.2, 0.25) is 0 Å². The topological polar surface area (TPSA) is 58.4 Å². The maximum absolute atomic E-state index is 11.5. The van der Waals surface area contributed by atoms with E-state index in [1.807, 2.05) is 0 Å². The Hall–Kier alpha value is -0.610. The van der Waals surface area contributed by atoms with Gasteiger partial charge in [0.2, 0.25) is 5.91 Å². The normalized spacial score (nSPS) is 26.9. The van der Waals surface area contributed by atoms with Gasteiger partial charge in [-0.05, 0) is 50.1 Å². The van der Waals surface area contributed by atoms with Gasteiger partial charge >= 0.3 is 0 Å². The molecule has 21 heavy (non-hydrogen) atoms. The summed E-state index contributed by atoms with van der Waals surface area (Å²) in [6.07, 6.45) is 5.53. The Morgan fingerprint density at radius 3 is 2.57 bits per heavy atom. The van der Waals surface area contributed by atoms with Gasteiger partial charge in [-0.15, -0.1) is 0 Å². The van der Waals surface area contributed by atoms with E-state index in [2.05, 4.69) is 38.0 Å². The number of nitrogens with one attached hydrogen (secondary N) is 1. The highest BCUT2D eigenvalue weighted by atomic mass is 16.1. The highest BCUT2D eigenvalue weighted by Gasteiger charge is 2.38. The van der Waals surface area contributed by atoms with Crippen LogP contribution in [0, 0.1) is 17.3 Å². The summed E-state index contributed by atoms with van der Waals surface area (Å²) in [6.45, 7) is 8.65. The first-order chi connectivity index (χ1) is 9.85. The Kier molecular flexibility index (Phi) is 7.14. The van der Waals surface area contributed by atoms with Crippen molar-refractivity contribution < 1.29 is 4.79 Å². The molecule has 0 aromatic rings. The minimum Gasteiger partial charge on any atom is -0.359 e. The maximum atomic E-state index is 11.5. The van der Waals surface area contributed by atoms with Gasteiger partial charge in [0, 0.05) is 26.1 Å². The number of nitrogens with zero attached hydrogens (tertiary/aromatic N) is 1. The fraction of sp³-hybridized carbons (Fsp3) is 0.941. The van der Waals surface area contributed by atoms with Gasteiger partial charge in [0.15, 0.2) is 0 Å². The minimum atomic E-state index is 0.118. The van der Waals surface area contributed by atoms with Crippen LogP contribution in [0.4, 0.5) is 0 Å². The Balaban J connectivity index is 2.67. The van der Waals surface area contributed by atoms with Crippen molar-refractivity contribution in [2.75, 3.05) is 27.2 Å². The summed E-state index contributed by atoms with van der Waals surface area (Å²) in [5, 5.41) is 2.70. The molecule has 0 saturated heterocycles. The number of rotatable bonds is 7. The van der Waals surface area contributed by atoms with Crippen LogP contribution in [0.25, 0.3) is 0 Å². The van der Waals surface area contributed by atoms with E-state index in [0.29, 0.717) is 23.8 Å². The maximum Gasteiger partial charge on any atom is 0.221 e. The van der Waals surface area contributed by atoms with Crippen molar-refractivity contribution in [1.29, 1.82) is 0 Å². The molecule has 1 aliphatic carbocycles. The van der Waals surface area contributed by atoms with E-state index in [0.717, 1.165) is 19.0 Å². The van der Waals surface area contributed by atoms with Gasteiger partial charge in [-0.25, -0.2) is 0 Å². The summed E-state index contributed by atoms with van der Waals surface area (Å²) < 4.78 is 0. The zero-order chi connectivity index (χ0) is 16.0. The Labute approximate surface area is 130 Å². The molecule has 124 valence electrons. The van der Waals surface area contributed by atoms with E-state index in [4.69, 9.17) is 5.73 Å². The molecule has 0 bridgehead atoms. The lowest BCUT2D eigenvalue weighted by molar-refractivity contribution is -0.121. The zero-order valence-electron chi connectivity index (χ0n) is 14.6. The standard InChI is InChI=1S/C17H35N3O/c1-6-17(2,3)14-8-7-13(12-18)15(11-14)20(5)10-9-16(21)19-4/h13-15H,6-12,18H2,1-5H3,(H,19,21). The first-order valence-electron chi connectivity index (χ1n) is 8.46. The van der Waals surface area contributed by atoms with Crippen LogP contribution in [0.1, 0.15) is 52.9 Å². The van der Waals surface area contributed by atoms with E-state index >= 15 is 0 Å². The minimum absolute atomic E-state index is 0.118. The molecule has 3 unspecified atom stereocenters. The zero-order valence-corrected chi connectivity index (χ0v) is 14.6. The van der Waals surface area contributed by atoms with Crippen LogP contribution in [-0.4, -0.2) is 44.0 Å². The number of nitrogens with two attached hydrogens (primary N) is 1. The smallest absolute Gasteiger partial charge is 0.221 e. The summed E-state index contributed by atoms with van der Waals surface area (Å²) in [5.41, 5.74) is 6.40. The van der Waals surface area contributed by atoms with Crippen molar-refractivity contribution in [3.63, 3.8) is 0 Å². The van der Waals surface area contributed by atoms with Crippen LogP contribution in [0.15, 0.2) is 0 Å². The molecule has 1 rings (SSSR count). The molecule has 0 aromatic heterocycles. The number of carbonyl (C=O) groups excluding carboxylic acids is 1. The molecule has 1 amide bonds. The summed E-state index contributed by atoms with van der Waals surface area (Å²) in [7, 11) is 3.85. The predicted molar refractivity (Wildman–Crippen MR) is 89.1 cm³/mol. The number of carbonyl (C=O) groups is 1. The largest absolute Gasteiger partial charge is 0.359 e.